The molecule has 0 atom stereocenters. The van der Waals surface area contributed by atoms with Gasteiger partial charge in [-0.2, -0.15) is 0 Å². The van der Waals surface area contributed by atoms with Crippen LogP contribution in [-0.4, -0.2) is 10.9 Å². The summed E-state index contributed by atoms with van der Waals surface area (Å²) in [5, 5.41) is 3.18. The summed E-state index contributed by atoms with van der Waals surface area (Å²) in [6, 6.07) is 7.05. The zero-order valence-corrected chi connectivity index (χ0v) is 14.1. The Hall–Kier alpha value is -3.08. The zero-order chi connectivity index (χ0) is 17.9. The maximum Gasteiger partial charge on any atom is 0.261 e. The number of rotatable bonds is 4. The number of pyridine rings is 1. The first-order valence-corrected chi connectivity index (χ1v) is 7.53. The molecule has 24 heavy (non-hydrogen) atoms. The summed E-state index contributed by atoms with van der Waals surface area (Å²) in [7, 11) is 0. The van der Waals surface area contributed by atoms with Crippen molar-refractivity contribution in [2.75, 3.05) is 0 Å². The van der Waals surface area contributed by atoms with Crippen molar-refractivity contribution < 1.29 is 4.79 Å². The van der Waals surface area contributed by atoms with Crippen molar-refractivity contribution >= 4 is 16.8 Å². The Kier molecular flexibility index (Phi) is 5.04. The second-order valence-electron chi connectivity index (χ2n) is 5.82. The van der Waals surface area contributed by atoms with Gasteiger partial charge in [0, 0.05) is 28.5 Å². The molecule has 4 N–H and O–H groups in total. The van der Waals surface area contributed by atoms with E-state index in [-0.39, 0.29) is 11.0 Å². The molecule has 5 nitrogen and oxygen atoms in total. The maximum atomic E-state index is 12.5. The molecule has 0 saturated heterocycles. The number of hydrogen-bond acceptors (Lipinski definition) is 3. The normalized spacial score (nSPS) is 11.2. The van der Waals surface area contributed by atoms with Crippen LogP contribution >= 0.6 is 0 Å². The van der Waals surface area contributed by atoms with Gasteiger partial charge in [0.05, 0.1) is 0 Å². The van der Waals surface area contributed by atoms with E-state index in [1.807, 2.05) is 19.9 Å². The fraction of sp³-hybridized carbons (Fsp3) is 0.158. The van der Waals surface area contributed by atoms with Crippen molar-refractivity contribution in [3.63, 3.8) is 0 Å². The summed E-state index contributed by atoms with van der Waals surface area (Å²) in [4.78, 5) is 28.0. The van der Waals surface area contributed by atoms with Gasteiger partial charge in [0.1, 0.15) is 5.56 Å². The molecular weight excluding hydrogens is 302 g/mol. The predicted octanol–water partition coefficient (Wildman–Crippen LogP) is 2.97. The van der Waals surface area contributed by atoms with Gasteiger partial charge in [0.2, 0.25) is 5.43 Å². The lowest BCUT2D eigenvalue weighted by atomic mass is 10.1. The standard InChI is InChI=1S/C19H21N3O2/c1-11(2)15(20)9-17(12(3)4)22-19(24)14-10-21-16-8-6-5-7-13(16)18(14)23/h5-10H,3,20H2,1-2,4H3,(H,21,23)(H,22,24)/b17-9+. The number of carbonyl (C=O) groups is 1. The third kappa shape index (κ3) is 3.63. The highest BCUT2D eigenvalue weighted by molar-refractivity contribution is 5.98. The van der Waals surface area contributed by atoms with E-state index < -0.39 is 5.91 Å². The van der Waals surface area contributed by atoms with Crippen molar-refractivity contribution in [1.29, 1.82) is 0 Å². The summed E-state index contributed by atoms with van der Waals surface area (Å²) >= 11 is 0. The van der Waals surface area contributed by atoms with Crippen LogP contribution in [0.1, 0.15) is 31.1 Å². The molecule has 2 rings (SSSR count). The van der Waals surface area contributed by atoms with E-state index in [2.05, 4.69) is 16.9 Å². The Balaban J connectivity index is 2.42. The quantitative estimate of drug-likeness (QED) is 0.756. The molecule has 0 bridgehead atoms. The van der Waals surface area contributed by atoms with Gasteiger partial charge in [-0.1, -0.05) is 24.3 Å². The molecule has 1 aromatic carbocycles. The number of nitrogens with two attached hydrogens (primary N) is 1. The lowest BCUT2D eigenvalue weighted by Crippen LogP contribution is -2.29. The number of aromatic nitrogens is 1. The van der Waals surface area contributed by atoms with Crippen molar-refractivity contribution in [3.8, 4) is 0 Å². The van der Waals surface area contributed by atoms with E-state index in [9.17, 15) is 9.59 Å². The van der Waals surface area contributed by atoms with Gasteiger partial charge in [-0.05, 0) is 44.6 Å². The molecule has 0 saturated carbocycles. The third-order valence-electron chi connectivity index (χ3n) is 3.62. The predicted molar refractivity (Wildman–Crippen MR) is 97.5 cm³/mol. The van der Waals surface area contributed by atoms with Crippen molar-refractivity contribution in [2.45, 2.75) is 20.8 Å². The van der Waals surface area contributed by atoms with Gasteiger partial charge in [-0.25, -0.2) is 0 Å². The van der Waals surface area contributed by atoms with Crippen LogP contribution < -0.4 is 16.5 Å². The van der Waals surface area contributed by atoms with Gasteiger partial charge < -0.3 is 16.0 Å². The van der Waals surface area contributed by atoms with Crippen LogP contribution in [0.3, 0.4) is 0 Å². The van der Waals surface area contributed by atoms with Crippen LogP contribution in [0.2, 0.25) is 0 Å². The van der Waals surface area contributed by atoms with Crippen molar-refractivity contribution in [1.82, 2.24) is 10.3 Å². The Morgan fingerprint density at radius 1 is 1.25 bits per heavy atom. The number of benzene rings is 1. The highest BCUT2D eigenvalue weighted by Gasteiger charge is 2.14. The summed E-state index contributed by atoms with van der Waals surface area (Å²) in [6.07, 6.45) is 3.06. The third-order valence-corrected chi connectivity index (χ3v) is 3.62. The van der Waals surface area contributed by atoms with E-state index in [1.54, 1.807) is 31.2 Å². The average Bonchev–Trinajstić information content (AvgIpc) is 2.54. The fourth-order valence-electron chi connectivity index (χ4n) is 2.09. The molecule has 0 aliphatic rings. The number of H-pyrrole nitrogens is 1. The number of allylic oxidation sites excluding steroid dienone is 3. The SMILES string of the molecule is C=C(C)/C(=C\C(N)=C(C)C)NC(=O)c1c[nH]c2ccccc2c1=O. The van der Waals surface area contributed by atoms with Crippen LogP contribution in [0, 0.1) is 0 Å². The first-order valence-electron chi connectivity index (χ1n) is 7.53. The lowest BCUT2D eigenvalue weighted by Gasteiger charge is -2.11. The molecule has 0 aliphatic heterocycles. The first kappa shape index (κ1) is 17.3. The molecule has 0 radical (unpaired) electrons. The molecular formula is C19H21N3O2. The Labute approximate surface area is 140 Å². The van der Waals surface area contributed by atoms with E-state index >= 15 is 0 Å². The highest BCUT2D eigenvalue weighted by Crippen LogP contribution is 2.10. The van der Waals surface area contributed by atoms with Crippen LogP contribution in [0.15, 0.2) is 70.5 Å². The van der Waals surface area contributed by atoms with Gasteiger partial charge in [0.25, 0.3) is 5.91 Å². The molecule has 124 valence electrons. The molecule has 0 unspecified atom stereocenters. The minimum atomic E-state index is -0.502. The van der Waals surface area contributed by atoms with E-state index in [0.29, 0.717) is 27.9 Å². The number of para-hydroxylation sites is 1. The fourth-order valence-corrected chi connectivity index (χ4v) is 2.09. The number of nitrogens with one attached hydrogen (secondary N) is 2. The van der Waals surface area contributed by atoms with E-state index in [0.717, 1.165) is 5.57 Å². The monoisotopic (exact) mass is 323 g/mol. The number of amides is 1. The topological polar surface area (TPSA) is 88.0 Å². The zero-order valence-electron chi connectivity index (χ0n) is 14.1. The average molecular weight is 323 g/mol. The van der Waals surface area contributed by atoms with Gasteiger partial charge in [-0.3, -0.25) is 9.59 Å². The van der Waals surface area contributed by atoms with Crippen LogP contribution in [0.5, 0.6) is 0 Å². The van der Waals surface area contributed by atoms with Crippen molar-refractivity contribution in [3.05, 3.63) is 81.4 Å². The Bertz CT molecular complexity index is 929. The molecule has 0 fully saturated rings. The van der Waals surface area contributed by atoms with Crippen molar-refractivity contribution in [2.24, 2.45) is 5.73 Å². The van der Waals surface area contributed by atoms with Crippen LogP contribution in [0.25, 0.3) is 10.9 Å². The number of hydrogen-bond donors (Lipinski definition) is 3. The molecule has 5 heteroatoms. The van der Waals surface area contributed by atoms with E-state index in [4.69, 9.17) is 5.73 Å². The van der Waals surface area contributed by atoms with Gasteiger partial charge >= 0.3 is 0 Å². The minimum Gasteiger partial charge on any atom is -0.399 e. The molecule has 1 aromatic heterocycles. The lowest BCUT2D eigenvalue weighted by molar-refractivity contribution is 0.0965. The number of aromatic amines is 1. The molecule has 1 amide bonds. The number of carbonyl (C=O) groups excluding carboxylic acids is 1. The van der Waals surface area contributed by atoms with Crippen LogP contribution in [-0.2, 0) is 0 Å². The molecule has 2 aromatic rings. The maximum absolute atomic E-state index is 12.5. The largest absolute Gasteiger partial charge is 0.399 e. The second kappa shape index (κ2) is 7.00. The summed E-state index contributed by atoms with van der Waals surface area (Å²) in [5.74, 6) is -0.502. The number of fused-ring (bicyclic) bond motifs is 1. The smallest absolute Gasteiger partial charge is 0.261 e. The molecule has 0 spiro atoms. The Morgan fingerprint density at radius 3 is 2.54 bits per heavy atom. The van der Waals surface area contributed by atoms with Crippen LogP contribution in [0.4, 0.5) is 0 Å². The van der Waals surface area contributed by atoms with Gasteiger partial charge in [-0.15, -0.1) is 0 Å². The summed E-state index contributed by atoms with van der Waals surface area (Å²) in [6.45, 7) is 9.34. The Morgan fingerprint density at radius 2 is 1.92 bits per heavy atom. The second-order valence-corrected chi connectivity index (χ2v) is 5.82. The minimum absolute atomic E-state index is 0.0385. The first-order chi connectivity index (χ1) is 11.3. The molecule has 0 aliphatic carbocycles. The van der Waals surface area contributed by atoms with Gasteiger partial charge in [0.15, 0.2) is 0 Å². The highest BCUT2D eigenvalue weighted by atomic mass is 16.2. The molecule has 1 heterocycles. The summed E-state index contributed by atoms with van der Waals surface area (Å²) in [5.41, 5.74) is 8.90. The summed E-state index contributed by atoms with van der Waals surface area (Å²) < 4.78 is 0. The van der Waals surface area contributed by atoms with E-state index in [1.165, 1.54) is 6.20 Å².